The lowest BCUT2D eigenvalue weighted by Gasteiger charge is -2.35. The molecule has 1 amide bonds. The number of alkyl halides is 3. The molecule has 0 radical (unpaired) electrons. The van der Waals surface area contributed by atoms with Crippen LogP contribution in [0.15, 0.2) is 30.5 Å². The van der Waals surface area contributed by atoms with Gasteiger partial charge in [0, 0.05) is 24.5 Å². The number of halogens is 3. The maximum Gasteiger partial charge on any atom is 0.417 e. The van der Waals surface area contributed by atoms with E-state index in [0.29, 0.717) is 30.7 Å². The minimum atomic E-state index is -4.45. The van der Waals surface area contributed by atoms with E-state index in [4.69, 9.17) is 9.47 Å². The third-order valence-corrected chi connectivity index (χ3v) is 5.76. The minimum absolute atomic E-state index is 0.0991. The predicted octanol–water partition coefficient (Wildman–Crippen LogP) is 4.13. The number of pyridine rings is 2. The van der Waals surface area contributed by atoms with E-state index in [2.05, 4.69) is 9.97 Å². The van der Waals surface area contributed by atoms with Crippen molar-refractivity contribution in [3.05, 3.63) is 47.4 Å². The number of amides is 1. The first-order valence-electron chi connectivity index (χ1n) is 10.3. The highest BCUT2D eigenvalue weighted by Gasteiger charge is 2.48. The Morgan fingerprint density at radius 3 is 2.65 bits per heavy atom. The largest absolute Gasteiger partial charge is 0.491 e. The molecule has 2 fully saturated rings. The van der Waals surface area contributed by atoms with Crippen molar-refractivity contribution in [1.82, 2.24) is 14.9 Å². The van der Waals surface area contributed by atoms with E-state index in [1.54, 1.807) is 17.0 Å². The summed E-state index contributed by atoms with van der Waals surface area (Å²) in [5.74, 6) is 1.35. The smallest absolute Gasteiger partial charge is 0.417 e. The van der Waals surface area contributed by atoms with Crippen molar-refractivity contribution in [1.29, 1.82) is 0 Å². The molecule has 2 aromatic rings. The zero-order valence-electron chi connectivity index (χ0n) is 17.4. The van der Waals surface area contributed by atoms with Crippen LogP contribution in [0.2, 0.25) is 0 Å². The summed E-state index contributed by atoms with van der Waals surface area (Å²) in [6.45, 7) is 4.85. The van der Waals surface area contributed by atoms with Gasteiger partial charge >= 0.3 is 6.18 Å². The second-order valence-corrected chi connectivity index (χ2v) is 8.03. The number of likely N-dealkylation sites (tertiary alicyclic amines) is 1. The summed E-state index contributed by atoms with van der Waals surface area (Å²) >= 11 is 0. The van der Waals surface area contributed by atoms with Crippen LogP contribution in [0.1, 0.15) is 41.5 Å². The highest BCUT2D eigenvalue weighted by atomic mass is 19.4. The third kappa shape index (κ3) is 4.75. The maximum atomic E-state index is 13.4. The van der Waals surface area contributed by atoms with Gasteiger partial charge in [-0.25, -0.2) is 9.97 Å². The van der Waals surface area contributed by atoms with Gasteiger partial charge in [0.2, 0.25) is 5.88 Å². The van der Waals surface area contributed by atoms with Crippen LogP contribution >= 0.6 is 0 Å². The molecular weight excluding hydrogens is 411 g/mol. The Kier molecular flexibility index (Phi) is 5.77. The van der Waals surface area contributed by atoms with Crippen LogP contribution in [0.5, 0.6) is 11.6 Å². The number of ether oxygens (including phenoxy) is 2. The molecule has 3 atom stereocenters. The molecule has 9 heteroatoms. The lowest BCUT2D eigenvalue weighted by atomic mass is 10.0. The second kappa shape index (κ2) is 8.36. The first-order valence-corrected chi connectivity index (χ1v) is 10.3. The molecule has 166 valence electrons. The Hall–Kier alpha value is -2.84. The summed E-state index contributed by atoms with van der Waals surface area (Å²) < 4.78 is 49.4. The van der Waals surface area contributed by atoms with E-state index in [0.717, 1.165) is 30.8 Å². The topological polar surface area (TPSA) is 64.5 Å². The molecular formula is C22H24F3N3O3. The molecule has 1 saturated carbocycles. The Bertz CT molecular complexity index is 949. The van der Waals surface area contributed by atoms with Crippen LogP contribution in [0, 0.1) is 18.8 Å². The molecule has 3 heterocycles. The van der Waals surface area contributed by atoms with Crippen molar-refractivity contribution in [2.45, 2.75) is 38.9 Å². The van der Waals surface area contributed by atoms with E-state index in [1.165, 1.54) is 6.07 Å². The van der Waals surface area contributed by atoms with E-state index in [1.807, 2.05) is 13.8 Å². The van der Waals surface area contributed by atoms with Gasteiger partial charge in [-0.05, 0) is 56.7 Å². The number of rotatable bonds is 6. The number of aromatic nitrogens is 2. The highest BCUT2D eigenvalue weighted by Crippen LogP contribution is 2.47. The van der Waals surface area contributed by atoms with E-state index in [-0.39, 0.29) is 30.1 Å². The number of carbonyl (C=O) groups is 1. The zero-order chi connectivity index (χ0) is 22.2. The van der Waals surface area contributed by atoms with Crippen molar-refractivity contribution >= 4 is 5.91 Å². The molecule has 0 spiro atoms. The van der Waals surface area contributed by atoms with Gasteiger partial charge in [-0.3, -0.25) is 4.79 Å². The molecule has 6 nitrogen and oxygen atoms in total. The van der Waals surface area contributed by atoms with Crippen molar-refractivity contribution in [2.75, 3.05) is 19.8 Å². The molecule has 4 rings (SSSR count). The average molecular weight is 435 g/mol. The number of aryl methyl sites for hydroxylation is 1. The van der Waals surface area contributed by atoms with Crippen molar-refractivity contribution in [3.8, 4) is 11.6 Å². The van der Waals surface area contributed by atoms with Crippen LogP contribution in [-0.4, -0.2) is 46.6 Å². The number of piperidine rings is 1. The van der Waals surface area contributed by atoms with Gasteiger partial charge in [0.05, 0.1) is 18.2 Å². The van der Waals surface area contributed by atoms with Gasteiger partial charge in [0.25, 0.3) is 5.91 Å². The summed E-state index contributed by atoms with van der Waals surface area (Å²) in [4.78, 5) is 23.3. The van der Waals surface area contributed by atoms with Gasteiger partial charge in [-0.1, -0.05) is 0 Å². The van der Waals surface area contributed by atoms with Gasteiger partial charge in [-0.15, -0.1) is 0 Å². The highest BCUT2D eigenvalue weighted by molar-refractivity contribution is 5.95. The van der Waals surface area contributed by atoms with Gasteiger partial charge in [0.15, 0.2) is 11.4 Å². The van der Waals surface area contributed by atoms with Crippen LogP contribution < -0.4 is 9.47 Å². The molecule has 31 heavy (non-hydrogen) atoms. The number of hydrogen-bond donors (Lipinski definition) is 0. The fraction of sp³-hybridized carbons (Fsp3) is 0.500. The normalized spacial score (nSPS) is 22.6. The second-order valence-electron chi connectivity index (χ2n) is 8.03. The third-order valence-electron chi connectivity index (χ3n) is 5.76. The van der Waals surface area contributed by atoms with Crippen molar-refractivity contribution < 1.29 is 27.4 Å². The van der Waals surface area contributed by atoms with Crippen LogP contribution in [0.4, 0.5) is 13.2 Å². The number of carbonyl (C=O) groups excluding carboxylic acids is 1. The van der Waals surface area contributed by atoms with Gasteiger partial charge in [-0.2, -0.15) is 13.2 Å². The summed E-state index contributed by atoms with van der Waals surface area (Å²) in [7, 11) is 0. The lowest BCUT2D eigenvalue weighted by Crippen LogP contribution is -2.48. The maximum absolute atomic E-state index is 13.4. The number of hydrogen-bond acceptors (Lipinski definition) is 5. The van der Waals surface area contributed by atoms with Crippen molar-refractivity contribution in [2.24, 2.45) is 11.8 Å². The fourth-order valence-corrected chi connectivity index (χ4v) is 4.03. The zero-order valence-corrected chi connectivity index (χ0v) is 17.4. The SMILES string of the molecule is CCOc1ccc(C)nc1C(=O)N1CC2CC2CC1COc1ccc(C(F)(F)F)cn1. The van der Waals surface area contributed by atoms with E-state index in [9.17, 15) is 18.0 Å². The fourth-order valence-electron chi connectivity index (χ4n) is 4.03. The van der Waals surface area contributed by atoms with Gasteiger partial charge in [0.1, 0.15) is 6.61 Å². The molecule has 0 aromatic carbocycles. The molecule has 0 bridgehead atoms. The summed E-state index contributed by atoms with van der Waals surface area (Å²) in [6, 6.07) is 5.48. The number of nitrogens with zero attached hydrogens (tertiary/aromatic N) is 3. The standard InChI is InChI=1S/C22H24F3N3O3/c1-3-30-18-6-4-13(2)27-20(18)21(29)28-11-15-8-14(15)9-17(28)12-31-19-7-5-16(10-26-19)22(23,24)25/h4-7,10,14-15,17H,3,8-9,11-12H2,1-2H3. The average Bonchev–Trinajstić information content (AvgIpc) is 3.50. The summed E-state index contributed by atoms with van der Waals surface area (Å²) in [5, 5.41) is 0. The Morgan fingerprint density at radius 1 is 1.16 bits per heavy atom. The molecule has 2 aliphatic rings. The molecule has 1 aliphatic carbocycles. The van der Waals surface area contributed by atoms with Crippen LogP contribution in [0.25, 0.3) is 0 Å². The lowest BCUT2D eigenvalue weighted by molar-refractivity contribution is -0.137. The minimum Gasteiger partial charge on any atom is -0.491 e. The van der Waals surface area contributed by atoms with Crippen LogP contribution in [-0.2, 0) is 6.18 Å². The van der Waals surface area contributed by atoms with Crippen LogP contribution in [0.3, 0.4) is 0 Å². The Morgan fingerprint density at radius 2 is 1.97 bits per heavy atom. The Labute approximate surface area is 178 Å². The molecule has 1 saturated heterocycles. The first kappa shape index (κ1) is 21.4. The molecule has 0 N–H and O–H groups in total. The number of fused-ring (bicyclic) bond motifs is 1. The predicted molar refractivity (Wildman–Crippen MR) is 106 cm³/mol. The quantitative estimate of drug-likeness (QED) is 0.683. The first-order chi connectivity index (χ1) is 14.8. The summed E-state index contributed by atoms with van der Waals surface area (Å²) in [5.41, 5.74) is 0.164. The van der Waals surface area contributed by atoms with Crippen molar-refractivity contribution in [3.63, 3.8) is 0 Å². The Balaban J connectivity index is 1.49. The van der Waals surface area contributed by atoms with E-state index < -0.39 is 11.7 Å². The molecule has 2 aromatic heterocycles. The summed E-state index contributed by atoms with van der Waals surface area (Å²) in [6.07, 6.45) is -1.84. The van der Waals surface area contributed by atoms with Gasteiger partial charge < -0.3 is 14.4 Å². The van der Waals surface area contributed by atoms with E-state index >= 15 is 0 Å². The molecule has 3 unspecified atom stereocenters. The monoisotopic (exact) mass is 435 g/mol. The molecule has 1 aliphatic heterocycles.